The number of piperazine rings is 1. The van der Waals surface area contributed by atoms with Gasteiger partial charge < -0.3 is 20.3 Å². The zero-order valence-electron chi connectivity index (χ0n) is 16.9. The second kappa shape index (κ2) is 9.85. The van der Waals surface area contributed by atoms with Crippen LogP contribution in [0.15, 0.2) is 0 Å². The summed E-state index contributed by atoms with van der Waals surface area (Å²) < 4.78 is 5.00. The molecule has 0 aromatic rings. The predicted octanol–water partition coefficient (Wildman–Crippen LogP) is 0.593. The number of nitrogens with one attached hydrogen (secondary N) is 2. The summed E-state index contributed by atoms with van der Waals surface area (Å²) >= 11 is 0. The lowest BCUT2D eigenvalue weighted by atomic mass is 9.85. The average molecular weight is 381 g/mol. The van der Waals surface area contributed by atoms with E-state index in [2.05, 4.69) is 15.5 Å². The molecule has 3 aliphatic rings. The Morgan fingerprint density at radius 3 is 2.63 bits per heavy atom. The maximum Gasteiger partial charge on any atom is 0.239 e. The van der Waals surface area contributed by atoms with Gasteiger partial charge in [0.15, 0.2) is 0 Å². The molecule has 3 rings (SSSR count). The predicted molar refractivity (Wildman–Crippen MR) is 104 cm³/mol. The van der Waals surface area contributed by atoms with Crippen molar-refractivity contribution in [2.75, 3.05) is 46.4 Å². The summed E-state index contributed by atoms with van der Waals surface area (Å²) in [5, 5.41) is 6.57. The lowest BCUT2D eigenvalue weighted by Crippen LogP contribution is -2.57. The van der Waals surface area contributed by atoms with Gasteiger partial charge in [-0.1, -0.05) is 12.8 Å². The highest BCUT2D eigenvalue weighted by molar-refractivity contribution is 5.83. The molecule has 7 heteroatoms. The number of nitrogens with zero attached hydrogens (tertiary/aromatic N) is 2. The molecule has 27 heavy (non-hydrogen) atoms. The third kappa shape index (κ3) is 5.21. The van der Waals surface area contributed by atoms with E-state index >= 15 is 0 Å². The third-order valence-electron chi connectivity index (χ3n) is 6.54. The van der Waals surface area contributed by atoms with Gasteiger partial charge in [-0.25, -0.2) is 0 Å². The summed E-state index contributed by atoms with van der Waals surface area (Å²) in [6.07, 6.45) is 6.93. The number of methoxy groups -OCH3 is 1. The van der Waals surface area contributed by atoms with Crippen molar-refractivity contribution in [3.63, 3.8) is 0 Å². The Morgan fingerprint density at radius 2 is 1.93 bits per heavy atom. The minimum absolute atomic E-state index is 0.00570. The van der Waals surface area contributed by atoms with Crippen LogP contribution in [0, 0.1) is 5.92 Å². The van der Waals surface area contributed by atoms with Crippen LogP contribution in [0.1, 0.15) is 45.4 Å². The maximum absolute atomic E-state index is 12.9. The molecule has 4 unspecified atom stereocenters. The Labute approximate surface area is 163 Å². The molecule has 0 aromatic carbocycles. The first-order valence-corrected chi connectivity index (χ1v) is 10.7. The molecule has 2 saturated heterocycles. The van der Waals surface area contributed by atoms with E-state index in [-0.39, 0.29) is 23.9 Å². The number of hydrogen-bond acceptors (Lipinski definition) is 5. The fraction of sp³-hybridized carbons (Fsp3) is 0.900. The largest absolute Gasteiger partial charge is 0.385 e. The smallest absolute Gasteiger partial charge is 0.239 e. The van der Waals surface area contributed by atoms with Gasteiger partial charge in [0.1, 0.15) is 0 Å². The van der Waals surface area contributed by atoms with E-state index in [4.69, 9.17) is 4.74 Å². The molecule has 0 spiro atoms. The quantitative estimate of drug-likeness (QED) is 0.633. The highest BCUT2D eigenvalue weighted by Gasteiger charge is 2.40. The lowest BCUT2D eigenvalue weighted by molar-refractivity contribution is -0.136. The van der Waals surface area contributed by atoms with Gasteiger partial charge in [-0.15, -0.1) is 0 Å². The molecule has 2 N–H and O–H groups in total. The Kier molecular flexibility index (Phi) is 7.49. The van der Waals surface area contributed by atoms with Crippen LogP contribution in [0.5, 0.6) is 0 Å². The molecule has 2 aliphatic heterocycles. The molecular formula is C20H36N4O3. The summed E-state index contributed by atoms with van der Waals surface area (Å²) in [5.41, 5.74) is 0. The standard InChI is InChI=1S/C20H36N4O3/c1-15(19(25)21-8-5-13-27-2)23-9-11-24(12-10-23)20(26)18-14-16-6-3-4-7-17(16)22-18/h15-18,22H,3-14H2,1-2H3,(H,21,25). The molecule has 0 bridgehead atoms. The molecule has 0 aromatic heterocycles. The van der Waals surface area contributed by atoms with E-state index in [1.54, 1.807) is 7.11 Å². The lowest BCUT2D eigenvalue weighted by Gasteiger charge is -2.38. The van der Waals surface area contributed by atoms with Crippen LogP contribution in [0.3, 0.4) is 0 Å². The molecule has 1 aliphatic carbocycles. The highest BCUT2D eigenvalue weighted by Crippen LogP contribution is 2.33. The number of amides is 2. The Balaban J connectivity index is 1.40. The van der Waals surface area contributed by atoms with Crippen LogP contribution in [-0.4, -0.2) is 86.2 Å². The van der Waals surface area contributed by atoms with Crippen molar-refractivity contribution in [2.45, 2.75) is 63.6 Å². The van der Waals surface area contributed by atoms with Crippen molar-refractivity contribution in [1.82, 2.24) is 20.4 Å². The van der Waals surface area contributed by atoms with Gasteiger partial charge in [-0.05, 0) is 38.5 Å². The van der Waals surface area contributed by atoms with E-state index < -0.39 is 0 Å². The van der Waals surface area contributed by atoms with Crippen molar-refractivity contribution in [2.24, 2.45) is 5.92 Å². The van der Waals surface area contributed by atoms with Crippen LogP contribution in [0.2, 0.25) is 0 Å². The van der Waals surface area contributed by atoms with Gasteiger partial charge in [0.25, 0.3) is 0 Å². The van der Waals surface area contributed by atoms with E-state index in [0.29, 0.717) is 38.2 Å². The molecular weight excluding hydrogens is 344 g/mol. The Bertz CT molecular complexity index is 493. The van der Waals surface area contributed by atoms with Gasteiger partial charge in [-0.3, -0.25) is 14.5 Å². The second-order valence-corrected chi connectivity index (χ2v) is 8.28. The van der Waals surface area contributed by atoms with E-state index in [9.17, 15) is 9.59 Å². The minimum Gasteiger partial charge on any atom is -0.385 e. The van der Waals surface area contributed by atoms with Crippen LogP contribution < -0.4 is 10.6 Å². The number of ether oxygens (including phenoxy) is 1. The van der Waals surface area contributed by atoms with Crippen LogP contribution in [0.4, 0.5) is 0 Å². The zero-order chi connectivity index (χ0) is 19.2. The SMILES string of the molecule is COCCCNC(=O)C(C)N1CCN(C(=O)C2CC3CCCCC3N2)CC1. The number of carbonyl (C=O) groups is 2. The van der Waals surface area contributed by atoms with E-state index in [1.807, 2.05) is 11.8 Å². The Morgan fingerprint density at radius 1 is 1.19 bits per heavy atom. The molecule has 3 fully saturated rings. The molecule has 4 atom stereocenters. The van der Waals surface area contributed by atoms with E-state index in [0.717, 1.165) is 25.9 Å². The molecule has 0 radical (unpaired) electrons. The van der Waals surface area contributed by atoms with Crippen LogP contribution >= 0.6 is 0 Å². The monoisotopic (exact) mass is 380 g/mol. The molecule has 1 saturated carbocycles. The fourth-order valence-electron chi connectivity index (χ4n) is 4.80. The second-order valence-electron chi connectivity index (χ2n) is 8.28. The first-order chi connectivity index (χ1) is 13.1. The summed E-state index contributed by atoms with van der Waals surface area (Å²) in [7, 11) is 1.67. The summed E-state index contributed by atoms with van der Waals surface area (Å²) in [4.78, 5) is 29.4. The topological polar surface area (TPSA) is 73.9 Å². The van der Waals surface area contributed by atoms with Crippen molar-refractivity contribution < 1.29 is 14.3 Å². The zero-order valence-corrected chi connectivity index (χ0v) is 16.9. The molecule has 2 amide bonds. The van der Waals surface area contributed by atoms with Gasteiger partial charge in [0.05, 0.1) is 12.1 Å². The van der Waals surface area contributed by atoms with Crippen molar-refractivity contribution >= 4 is 11.8 Å². The molecule has 7 nitrogen and oxygen atoms in total. The van der Waals surface area contributed by atoms with E-state index in [1.165, 1.54) is 25.7 Å². The van der Waals surface area contributed by atoms with Crippen molar-refractivity contribution in [3.05, 3.63) is 0 Å². The number of carbonyl (C=O) groups excluding carboxylic acids is 2. The third-order valence-corrected chi connectivity index (χ3v) is 6.54. The average Bonchev–Trinajstić information content (AvgIpc) is 3.14. The first-order valence-electron chi connectivity index (χ1n) is 10.7. The Hall–Kier alpha value is -1.18. The molecule has 154 valence electrons. The van der Waals surface area contributed by atoms with Crippen molar-refractivity contribution in [1.29, 1.82) is 0 Å². The fourth-order valence-corrected chi connectivity index (χ4v) is 4.80. The summed E-state index contributed by atoms with van der Waals surface area (Å²) in [5.74, 6) is 1.02. The highest BCUT2D eigenvalue weighted by atomic mass is 16.5. The first kappa shape index (κ1) is 20.6. The number of hydrogen-bond donors (Lipinski definition) is 2. The maximum atomic E-state index is 12.9. The normalized spacial score (nSPS) is 30.0. The summed E-state index contributed by atoms with van der Waals surface area (Å²) in [6, 6.07) is 0.402. The number of rotatable bonds is 7. The molecule has 2 heterocycles. The number of fused-ring (bicyclic) bond motifs is 1. The van der Waals surface area contributed by atoms with Gasteiger partial charge in [0, 0.05) is 52.5 Å². The van der Waals surface area contributed by atoms with Crippen LogP contribution in [0.25, 0.3) is 0 Å². The minimum atomic E-state index is -0.155. The van der Waals surface area contributed by atoms with Crippen LogP contribution in [-0.2, 0) is 14.3 Å². The summed E-state index contributed by atoms with van der Waals surface area (Å²) in [6.45, 7) is 6.21. The van der Waals surface area contributed by atoms with Crippen molar-refractivity contribution in [3.8, 4) is 0 Å². The van der Waals surface area contributed by atoms with Gasteiger partial charge in [-0.2, -0.15) is 0 Å². The van der Waals surface area contributed by atoms with Gasteiger partial charge >= 0.3 is 0 Å². The van der Waals surface area contributed by atoms with Gasteiger partial charge in [0.2, 0.25) is 11.8 Å².